The molecule has 0 bridgehead atoms. The zero-order chi connectivity index (χ0) is 53.0. The van der Waals surface area contributed by atoms with Crippen LogP contribution in [0.25, 0.3) is 0 Å². The molecule has 1 aliphatic heterocycles. The van der Waals surface area contributed by atoms with Crippen molar-refractivity contribution in [1.29, 1.82) is 0 Å². The topological polar surface area (TPSA) is 408 Å². The van der Waals surface area contributed by atoms with Crippen molar-refractivity contribution in [1.82, 2.24) is 42.5 Å². The van der Waals surface area contributed by atoms with Gasteiger partial charge in [0.2, 0.25) is 65.0 Å². The average Bonchev–Trinajstić information content (AvgIpc) is 3.26. The van der Waals surface area contributed by atoms with E-state index in [9.17, 15) is 57.8 Å². The van der Waals surface area contributed by atoms with Gasteiger partial charge in [-0.05, 0) is 47.8 Å². The van der Waals surface area contributed by atoms with Crippen LogP contribution in [0.2, 0.25) is 0 Å². The van der Waals surface area contributed by atoms with Gasteiger partial charge in [-0.2, -0.15) is 0 Å². The maximum Gasteiger partial charge on any atom is 0.244 e. The minimum absolute atomic E-state index is 0.0518. The number of aromatic hydroxyl groups is 1. The molecule has 26 heteroatoms. The molecule has 0 unspecified atom stereocenters. The van der Waals surface area contributed by atoms with E-state index in [-0.39, 0.29) is 36.0 Å². The first-order chi connectivity index (χ1) is 32.6. The van der Waals surface area contributed by atoms with Crippen LogP contribution in [-0.2, 0) is 59.2 Å². The van der Waals surface area contributed by atoms with Crippen LogP contribution in [0.15, 0.2) is 24.3 Å². The summed E-state index contributed by atoms with van der Waals surface area (Å²) in [6.07, 6.45) is -1.31. The number of carbonyl (C=O) groups excluding carboxylic acids is 11. The van der Waals surface area contributed by atoms with Gasteiger partial charge in [0.1, 0.15) is 48.0 Å². The van der Waals surface area contributed by atoms with Crippen molar-refractivity contribution >= 4 is 86.6 Å². The number of phenols is 1. The molecule has 1 aromatic carbocycles. The van der Waals surface area contributed by atoms with Crippen molar-refractivity contribution in [3.8, 4) is 5.75 Å². The van der Waals surface area contributed by atoms with E-state index in [0.29, 0.717) is 12.0 Å². The van der Waals surface area contributed by atoms with Crippen LogP contribution in [0.1, 0.15) is 86.1 Å². The average molecular weight is 1020 g/mol. The summed E-state index contributed by atoms with van der Waals surface area (Å²) < 4.78 is 0. The number of rotatable bonds is 18. The first kappa shape index (κ1) is 60.0. The Kier molecular flexibility index (Phi) is 24.4. The summed E-state index contributed by atoms with van der Waals surface area (Å²) in [7, 11) is 1.98. The minimum atomic E-state index is -1.78. The maximum atomic E-state index is 14.3. The van der Waals surface area contributed by atoms with Crippen molar-refractivity contribution in [2.75, 3.05) is 18.1 Å². The summed E-state index contributed by atoms with van der Waals surface area (Å²) in [6, 6.07) is -5.54. The van der Waals surface area contributed by atoms with E-state index in [1.54, 1.807) is 48.5 Å². The van der Waals surface area contributed by atoms with Gasteiger partial charge in [0.15, 0.2) is 0 Å². The number of phenolic OH excluding ortho intramolecular Hbond substituents is 1. The normalized spacial score (nSPS) is 22.6. The molecule has 24 nitrogen and oxygen atoms in total. The second kappa shape index (κ2) is 28.5. The van der Waals surface area contributed by atoms with Crippen molar-refractivity contribution in [2.45, 2.75) is 135 Å². The first-order valence-corrected chi connectivity index (χ1v) is 25.1. The Hall–Kier alpha value is -6.15. The lowest BCUT2D eigenvalue weighted by Gasteiger charge is -2.33. The Bertz CT molecular complexity index is 2060. The quantitative estimate of drug-likeness (QED) is 0.0649. The predicted octanol–water partition coefficient (Wildman–Crippen LogP) is -3.07. The van der Waals surface area contributed by atoms with Crippen LogP contribution in [0.5, 0.6) is 5.75 Å². The third-order valence-corrected chi connectivity index (χ3v) is 13.3. The molecule has 0 saturated carbocycles. The van der Waals surface area contributed by atoms with Crippen LogP contribution in [0.3, 0.4) is 0 Å². The van der Waals surface area contributed by atoms with Gasteiger partial charge in [-0.25, -0.2) is 0 Å². The van der Waals surface area contributed by atoms with Gasteiger partial charge in [-0.3, -0.25) is 52.7 Å². The Morgan fingerprint density at radius 2 is 1.30 bits per heavy atom. The van der Waals surface area contributed by atoms with E-state index < -0.39 is 150 Å². The summed E-state index contributed by atoms with van der Waals surface area (Å²) in [6.45, 7) is 11.4. The molecule has 0 radical (unpaired) electrons. The molecule has 390 valence electrons. The lowest BCUT2D eigenvalue weighted by atomic mass is 9.85. The molecule has 1 heterocycles. The zero-order valence-corrected chi connectivity index (χ0v) is 42.1. The fourth-order valence-corrected chi connectivity index (χ4v) is 9.04. The number of hydrogen-bond acceptors (Lipinski definition) is 15. The fourth-order valence-electron chi connectivity index (χ4n) is 6.75. The zero-order valence-electron chi connectivity index (χ0n) is 40.5. The molecule has 1 saturated heterocycles. The number of carbonyl (C=O) groups is 11. The highest BCUT2D eigenvalue weighted by molar-refractivity contribution is 8.76. The summed E-state index contributed by atoms with van der Waals surface area (Å²) >= 11 is 0. The summed E-state index contributed by atoms with van der Waals surface area (Å²) in [4.78, 5) is 147. The van der Waals surface area contributed by atoms with Gasteiger partial charge < -0.3 is 70.6 Å². The minimum Gasteiger partial charge on any atom is -0.508 e. The molecule has 11 amide bonds. The molecular formula is C44H70N12O12S2. The second-order valence-electron chi connectivity index (χ2n) is 18.5. The predicted molar refractivity (Wildman–Crippen MR) is 261 cm³/mol. The van der Waals surface area contributed by atoms with Gasteiger partial charge in [-0.1, -0.05) is 88.6 Å². The Morgan fingerprint density at radius 3 is 1.86 bits per heavy atom. The van der Waals surface area contributed by atoms with Gasteiger partial charge in [-0.15, -0.1) is 0 Å². The molecule has 1 aromatic rings. The van der Waals surface area contributed by atoms with E-state index in [1.165, 1.54) is 24.3 Å². The highest BCUT2D eigenvalue weighted by atomic mass is 33.1. The number of nitrogens with two attached hydrogens (primary N) is 4. The third kappa shape index (κ3) is 20.8. The van der Waals surface area contributed by atoms with Gasteiger partial charge >= 0.3 is 0 Å². The SMILES string of the molecule is CC[C@H](C)[C@@H]1NC(=O)[C@H](Cc2ccc(O)cc2)NC(=O)[C@@H](N)CSSC[C@@H](C(=O)N[C@@H](C(=O)N[C@@H](CC(C)C)C(=O)NCC(N)=O)C(C)(C)C)NC(=O)[C@H](CC(N)=O)NC(=O)[C@H](CCC(N)=O)NC1=O. The molecular weight excluding hydrogens is 953 g/mol. The van der Waals surface area contributed by atoms with Crippen LogP contribution >= 0.6 is 21.6 Å². The summed E-state index contributed by atoms with van der Waals surface area (Å²) in [5.41, 5.74) is 21.9. The maximum absolute atomic E-state index is 14.3. The van der Waals surface area contributed by atoms with E-state index in [2.05, 4.69) is 42.5 Å². The molecule has 70 heavy (non-hydrogen) atoms. The summed E-state index contributed by atoms with van der Waals surface area (Å²) in [5, 5.41) is 30.2. The smallest absolute Gasteiger partial charge is 0.244 e. The molecule has 9 atom stereocenters. The Morgan fingerprint density at radius 1 is 0.729 bits per heavy atom. The molecule has 0 aliphatic carbocycles. The highest BCUT2D eigenvalue weighted by Gasteiger charge is 2.39. The fraction of sp³-hybridized carbons (Fsp3) is 0.614. The van der Waals surface area contributed by atoms with Crippen molar-refractivity contribution < 1.29 is 57.8 Å². The van der Waals surface area contributed by atoms with Gasteiger partial charge in [0, 0.05) is 24.3 Å². The number of amides is 11. The number of primary amides is 3. The lowest BCUT2D eigenvalue weighted by Crippen LogP contribution is -2.62. The molecule has 0 spiro atoms. The molecule has 2 rings (SSSR count). The largest absolute Gasteiger partial charge is 0.508 e. The Balaban J connectivity index is 2.67. The van der Waals surface area contributed by atoms with Crippen LogP contribution in [-0.4, -0.2) is 136 Å². The number of nitrogens with one attached hydrogen (secondary N) is 8. The summed E-state index contributed by atoms with van der Waals surface area (Å²) in [5.74, 6) is -11.0. The van der Waals surface area contributed by atoms with Gasteiger partial charge in [0.25, 0.3) is 0 Å². The van der Waals surface area contributed by atoms with Crippen LogP contribution in [0, 0.1) is 17.3 Å². The number of hydrogen-bond donors (Lipinski definition) is 13. The van der Waals surface area contributed by atoms with E-state index in [0.717, 1.165) is 21.6 Å². The Labute approximate surface area is 414 Å². The molecule has 17 N–H and O–H groups in total. The molecule has 1 fully saturated rings. The first-order valence-electron chi connectivity index (χ1n) is 22.7. The molecule has 1 aliphatic rings. The van der Waals surface area contributed by atoms with Crippen LogP contribution < -0.4 is 65.5 Å². The van der Waals surface area contributed by atoms with Crippen molar-refractivity contribution in [3.05, 3.63) is 29.8 Å². The lowest BCUT2D eigenvalue weighted by molar-refractivity contribution is -0.137. The van der Waals surface area contributed by atoms with Crippen LogP contribution in [0.4, 0.5) is 0 Å². The van der Waals surface area contributed by atoms with Crippen molar-refractivity contribution in [3.63, 3.8) is 0 Å². The van der Waals surface area contributed by atoms with E-state index in [4.69, 9.17) is 22.9 Å². The number of benzene rings is 1. The third-order valence-electron chi connectivity index (χ3n) is 10.9. The van der Waals surface area contributed by atoms with E-state index >= 15 is 0 Å². The standard InChI is InChI=1S/C44H70N12O12S2/c1-8-22(4)34-42(67)50-26(13-14-31(46)58)38(63)52-29(17-32(47)59)39(64)54-30(20-70-69-19-25(45)36(61)51-28(40(65)55-34)16-23-9-11-24(57)12-10-23)41(66)56-35(44(5,6)7)43(68)53-27(15-21(2)3)37(62)49-18-33(48)60/h9-12,21-22,25-30,34-35,57H,8,13-20,45H2,1-7H3,(H2,46,58)(H2,47,59)(H2,48,60)(H,49,62)(H,50,67)(H,51,61)(H,52,63)(H,53,68)(H,54,64)(H,55,65)(H,56,66)/t22-,25-,26-,27-,28-,29-,30-,34-,35-/m0/s1. The monoisotopic (exact) mass is 1020 g/mol. The second-order valence-corrected chi connectivity index (χ2v) is 21.1. The van der Waals surface area contributed by atoms with Gasteiger partial charge in [0.05, 0.1) is 19.0 Å². The highest BCUT2D eigenvalue weighted by Crippen LogP contribution is 2.25. The molecule has 0 aromatic heterocycles. The van der Waals surface area contributed by atoms with E-state index in [1.807, 2.05) is 0 Å². The van der Waals surface area contributed by atoms with Crippen molar-refractivity contribution in [2.24, 2.45) is 40.2 Å².